The van der Waals surface area contributed by atoms with Crippen LogP contribution in [0.25, 0.3) is 11.1 Å². The number of oxazole rings is 1. The molecule has 0 unspecified atom stereocenters. The molecule has 1 heterocycles. The molecular weight excluding hydrogens is 370 g/mol. The van der Waals surface area contributed by atoms with Gasteiger partial charge in [-0.3, -0.25) is 4.57 Å². The number of quaternary nitrogens is 1. The quantitative estimate of drug-likeness (QED) is 0.692. The maximum absolute atomic E-state index is 12.8. The largest absolute Gasteiger partial charge is 0.429 e. The van der Waals surface area contributed by atoms with Crippen molar-refractivity contribution in [3.63, 3.8) is 0 Å². The minimum absolute atomic E-state index is 0.272. The molecule has 0 saturated heterocycles. The molecule has 1 aromatic heterocycles. The molecule has 0 atom stereocenters. The van der Waals surface area contributed by atoms with Gasteiger partial charge in [-0.05, 0) is 58.1 Å². The van der Waals surface area contributed by atoms with Crippen molar-refractivity contribution in [2.75, 3.05) is 13.1 Å². The van der Waals surface area contributed by atoms with Crippen molar-refractivity contribution < 1.29 is 17.7 Å². The van der Waals surface area contributed by atoms with Crippen molar-refractivity contribution in [3.05, 3.63) is 23.0 Å². The molecular formula is C18H30N3O3S2+. The van der Waals surface area contributed by atoms with Crippen LogP contribution in [0.3, 0.4) is 0 Å². The number of nitrogens with one attached hydrogen (secondary N) is 1. The fourth-order valence-corrected chi connectivity index (χ4v) is 5.01. The van der Waals surface area contributed by atoms with E-state index in [2.05, 4.69) is 27.7 Å². The van der Waals surface area contributed by atoms with E-state index in [0.717, 1.165) is 5.52 Å². The highest BCUT2D eigenvalue weighted by molar-refractivity contribution is 7.89. The number of nitrogens with zero attached hydrogens (tertiary/aromatic N) is 2. The number of aromatic nitrogens is 1. The molecule has 8 heteroatoms. The molecule has 0 saturated carbocycles. The van der Waals surface area contributed by atoms with Crippen LogP contribution in [0, 0.1) is 4.84 Å². The highest BCUT2D eigenvalue weighted by Gasteiger charge is 2.24. The number of sulfonamides is 1. The van der Waals surface area contributed by atoms with Crippen LogP contribution in [0.15, 0.2) is 27.5 Å². The van der Waals surface area contributed by atoms with Crippen LogP contribution in [0.4, 0.5) is 0 Å². The number of fused-ring (bicyclic) bond motifs is 1. The highest BCUT2D eigenvalue weighted by Crippen LogP contribution is 2.23. The third-order valence-electron chi connectivity index (χ3n) is 4.81. The molecule has 0 aliphatic carbocycles. The zero-order chi connectivity index (χ0) is 19.6. The van der Waals surface area contributed by atoms with Gasteiger partial charge in [0.05, 0.1) is 22.5 Å². The van der Waals surface area contributed by atoms with Gasteiger partial charge in [0.2, 0.25) is 10.0 Å². The lowest BCUT2D eigenvalue weighted by Gasteiger charge is -2.27. The Morgan fingerprint density at radius 1 is 1.15 bits per heavy atom. The van der Waals surface area contributed by atoms with Crippen LogP contribution < -0.4 is 4.90 Å². The summed E-state index contributed by atoms with van der Waals surface area (Å²) in [5.41, 5.74) is 1.34. The zero-order valence-electron chi connectivity index (χ0n) is 16.4. The summed E-state index contributed by atoms with van der Waals surface area (Å²) in [5, 5.41) is 0. The van der Waals surface area contributed by atoms with Gasteiger partial charge in [0.25, 0.3) is 4.84 Å². The summed E-state index contributed by atoms with van der Waals surface area (Å²) in [5.74, 6) is 0. The van der Waals surface area contributed by atoms with Crippen LogP contribution in [-0.2, 0) is 16.7 Å². The van der Waals surface area contributed by atoms with Crippen LogP contribution in [-0.4, -0.2) is 42.5 Å². The van der Waals surface area contributed by atoms with Gasteiger partial charge in [-0.1, -0.05) is 13.8 Å². The Kier molecular flexibility index (Phi) is 6.65. The summed E-state index contributed by atoms with van der Waals surface area (Å²) in [6, 6.07) is 5.78. The molecule has 0 spiro atoms. The molecule has 6 nitrogen and oxygen atoms in total. The average Bonchev–Trinajstić information content (AvgIpc) is 2.87. The van der Waals surface area contributed by atoms with Gasteiger partial charge in [-0.15, -0.1) is 0 Å². The van der Waals surface area contributed by atoms with E-state index in [1.165, 1.54) is 9.21 Å². The first kappa shape index (κ1) is 21.1. The van der Waals surface area contributed by atoms with Crippen molar-refractivity contribution in [1.29, 1.82) is 0 Å². The van der Waals surface area contributed by atoms with E-state index in [9.17, 15) is 8.42 Å². The number of hydrogen-bond acceptors (Lipinski definition) is 4. The monoisotopic (exact) mass is 400 g/mol. The fourth-order valence-electron chi connectivity index (χ4n) is 3.28. The summed E-state index contributed by atoms with van der Waals surface area (Å²) in [4.78, 5) is 1.99. The molecule has 2 aromatic rings. The first-order valence-corrected chi connectivity index (χ1v) is 11.0. The molecule has 1 N–H and O–H groups in total. The van der Waals surface area contributed by atoms with Gasteiger partial charge in [0.15, 0.2) is 12.3 Å². The van der Waals surface area contributed by atoms with Crippen molar-refractivity contribution in [2.24, 2.45) is 0 Å². The summed E-state index contributed by atoms with van der Waals surface area (Å²) in [6.07, 6.45) is 0. The lowest BCUT2D eigenvalue weighted by atomic mass is 10.2. The van der Waals surface area contributed by atoms with E-state index in [1.807, 2.05) is 18.4 Å². The normalized spacial score (nSPS) is 13.0. The van der Waals surface area contributed by atoms with Gasteiger partial charge in [-0.2, -0.15) is 4.31 Å². The first-order chi connectivity index (χ1) is 12.1. The Morgan fingerprint density at radius 2 is 1.73 bits per heavy atom. The lowest BCUT2D eigenvalue weighted by Crippen LogP contribution is -3.17. The average molecular weight is 401 g/mol. The maximum Gasteiger partial charge on any atom is 0.274 e. The third kappa shape index (κ3) is 4.03. The van der Waals surface area contributed by atoms with Gasteiger partial charge in [0, 0.05) is 13.1 Å². The van der Waals surface area contributed by atoms with E-state index in [0.29, 0.717) is 42.3 Å². The van der Waals surface area contributed by atoms with E-state index in [4.69, 9.17) is 16.6 Å². The second kappa shape index (κ2) is 8.21. The zero-order valence-corrected chi connectivity index (χ0v) is 18.1. The van der Waals surface area contributed by atoms with Crippen LogP contribution in [0.5, 0.6) is 0 Å². The molecule has 26 heavy (non-hydrogen) atoms. The van der Waals surface area contributed by atoms with Crippen molar-refractivity contribution >= 4 is 33.3 Å². The Morgan fingerprint density at radius 3 is 2.23 bits per heavy atom. The lowest BCUT2D eigenvalue weighted by molar-refractivity contribution is -0.963. The van der Waals surface area contributed by atoms with Gasteiger partial charge < -0.3 is 9.32 Å². The summed E-state index contributed by atoms with van der Waals surface area (Å²) < 4.78 is 34.8. The van der Waals surface area contributed by atoms with Crippen LogP contribution in [0.2, 0.25) is 0 Å². The van der Waals surface area contributed by atoms with Crippen molar-refractivity contribution in [3.8, 4) is 0 Å². The van der Waals surface area contributed by atoms with Crippen LogP contribution >= 0.6 is 12.2 Å². The molecule has 0 fully saturated rings. The predicted molar refractivity (Wildman–Crippen MR) is 106 cm³/mol. The van der Waals surface area contributed by atoms with Gasteiger partial charge in [0.1, 0.15) is 0 Å². The third-order valence-corrected chi connectivity index (χ3v) is 7.16. The second-order valence-electron chi connectivity index (χ2n) is 7.06. The SMILES string of the molecule is CCN(CC)S(=O)(=O)c1ccc2oc(=S)n(C[NH+](C(C)C)C(C)C)c2c1. The molecule has 0 radical (unpaired) electrons. The Hall–Kier alpha value is -1.22. The van der Waals surface area contributed by atoms with Crippen LogP contribution in [0.1, 0.15) is 41.5 Å². The van der Waals surface area contributed by atoms with Gasteiger partial charge in [-0.25, -0.2) is 8.42 Å². The molecule has 0 bridgehead atoms. The number of hydrogen-bond donors (Lipinski definition) is 1. The maximum atomic E-state index is 12.8. The Bertz CT molecular complexity index is 901. The highest BCUT2D eigenvalue weighted by atomic mass is 32.2. The van der Waals surface area contributed by atoms with Crippen molar-refractivity contribution in [2.45, 2.75) is 65.2 Å². The minimum Gasteiger partial charge on any atom is -0.429 e. The van der Waals surface area contributed by atoms with E-state index in [-0.39, 0.29) is 4.90 Å². The molecule has 0 aliphatic heterocycles. The fraction of sp³-hybridized carbons (Fsp3) is 0.611. The molecule has 1 aromatic carbocycles. The predicted octanol–water partition coefficient (Wildman–Crippen LogP) is 2.65. The molecule has 0 aliphatic rings. The van der Waals surface area contributed by atoms with Crippen molar-refractivity contribution in [1.82, 2.24) is 8.87 Å². The Balaban J connectivity index is 2.57. The standard InChI is InChI=1S/C18H29N3O3S2/c1-7-19(8-2)26(22,23)15-9-10-17-16(11-15)21(18(25)24-17)12-20(13(3)4)14(5)6/h9-11,13-14H,7-8,12H2,1-6H3/p+1. The first-order valence-electron chi connectivity index (χ1n) is 9.12. The summed E-state index contributed by atoms with van der Waals surface area (Å²) in [7, 11) is -3.52. The smallest absolute Gasteiger partial charge is 0.274 e. The van der Waals surface area contributed by atoms with Gasteiger partial charge >= 0.3 is 0 Å². The minimum atomic E-state index is -3.52. The molecule has 0 amide bonds. The summed E-state index contributed by atoms with van der Waals surface area (Å²) in [6.45, 7) is 13.8. The van der Waals surface area contributed by atoms with E-state index < -0.39 is 10.0 Å². The summed E-state index contributed by atoms with van der Waals surface area (Å²) >= 11 is 5.40. The number of rotatable bonds is 8. The molecule has 2 rings (SSSR count). The molecule has 146 valence electrons. The van der Waals surface area contributed by atoms with E-state index >= 15 is 0 Å². The Labute approximate surface area is 161 Å². The van der Waals surface area contributed by atoms with E-state index in [1.54, 1.807) is 18.2 Å². The second-order valence-corrected chi connectivity index (χ2v) is 9.34. The number of benzene rings is 1. The topological polar surface area (TPSA) is 59.9 Å².